The molecule has 2 N–H and O–H groups in total. The van der Waals surface area contributed by atoms with Crippen molar-refractivity contribution in [2.24, 2.45) is 0 Å². The van der Waals surface area contributed by atoms with E-state index >= 15 is 0 Å². The monoisotopic (exact) mass is 580 g/mol. The molecule has 4 aromatic rings. The fraction of sp³-hybridized carbons (Fsp3) is 0.310. The highest BCUT2D eigenvalue weighted by Gasteiger charge is 2.34. The fourth-order valence-corrected chi connectivity index (χ4v) is 7.22. The van der Waals surface area contributed by atoms with Crippen LogP contribution < -0.4 is 20.4 Å². The smallest absolute Gasteiger partial charge is 0.442 e. The molecule has 0 saturated carbocycles. The number of rotatable bonds is 9. The number of aromatic nitrogens is 2. The number of anilines is 1. The maximum atomic E-state index is 13.5. The van der Waals surface area contributed by atoms with Gasteiger partial charge in [-0.2, -0.15) is 0 Å². The Morgan fingerprint density at radius 1 is 1.18 bits per heavy atom. The van der Waals surface area contributed by atoms with E-state index in [4.69, 9.17) is 14.0 Å². The van der Waals surface area contributed by atoms with Gasteiger partial charge in [0.15, 0.2) is 0 Å². The van der Waals surface area contributed by atoms with E-state index in [2.05, 4.69) is 22.7 Å². The number of thiophene rings is 1. The Hall–Kier alpha value is -3.83. The first-order valence-electron chi connectivity index (χ1n) is 13.0. The maximum absolute atomic E-state index is 13.5. The van der Waals surface area contributed by atoms with E-state index in [1.807, 2.05) is 25.1 Å². The number of carbonyl (C=O) groups excluding carboxylic acids is 2. The van der Waals surface area contributed by atoms with Gasteiger partial charge in [0.05, 0.1) is 25.0 Å². The topological polar surface area (TPSA) is 115 Å². The lowest BCUT2D eigenvalue weighted by molar-refractivity contribution is -0.704. The summed E-state index contributed by atoms with van der Waals surface area (Å²) in [4.78, 5) is 40.0. The van der Waals surface area contributed by atoms with Gasteiger partial charge < -0.3 is 14.8 Å². The van der Waals surface area contributed by atoms with Crippen LogP contribution in [-0.4, -0.2) is 36.6 Å². The van der Waals surface area contributed by atoms with Crippen LogP contribution in [0.5, 0.6) is 5.75 Å². The first-order valence-corrected chi connectivity index (χ1v) is 14.7. The number of amides is 1. The normalized spacial score (nSPS) is 15.2. The van der Waals surface area contributed by atoms with Crippen molar-refractivity contribution in [2.45, 2.75) is 48.8 Å². The number of fused-ring (bicyclic) bond motifs is 1. The summed E-state index contributed by atoms with van der Waals surface area (Å²) in [5.74, 6) is 0.250. The Kier molecular flexibility index (Phi) is 8.41. The van der Waals surface area contributed by atoms with Crippen LogP contribution in [0, 0.1) is 0 Å². The Balaban J connectivity index is 1.39. The molecule has 2 heterocycles. The summed E-state index contributed by atoms with van der Waals surface area (Å²) >= 11 is 2.53. The lowest BCUT2D eigenvalue weighted by atomic mass is 9.83. The predicted octanol–water partition coefficient (Wildman–Crippen LogP) is 4.88. The molecule has 0 radical (unpaired) electrons. The first-order chi connectivity index (χ1) is 19.4. The van der Waals surface area contributed by atoms with E-state index in [0.717, 1.165) is 41.5 Å². The lowest BCUT2D eigenvalue weighted by Crippen LogP contribution is -2.37. The zero-order valence-corrected chi connectivity index (χ0v) is 24.0. The highest BCUT2D eigenvalue weighted by molar-refractivity contribution is 8.00. The molecule has 0 saturated heterocycles. The van der Waals surface area contributed by atoms with Crippen molar-refractivity contribution in [3.63, 3.8) is 0 Å². The molecule has 0 bridgehead atoms. The van der Waals surface area contributed by atoms with E-state index in [1.165, 1.54) is 28.7 Å². The molecule has 2 atom stereocenters. The average Bonchev–Trinajstić information content (AvgIpc) is 3.54. The Morgan fingerprint density at radius 2 is 1.93 bits per heavy atom. The third kappa shape index (κ3) is 5.57. The minimum atomic E-state index is -0.620. The number of esters is 1. The molecule has 11 heteroatoms. The zero-order valence-electron chi connectivity index (χ0n) is 22.4. The van der Waals surface area contributed by atoms with Crippen LogP contribution in [0.25, 0.3) is 5.69 Å². The summed E-state index contributed by atoms with van der Waals surface area (Å²) in [5.41, 5.74) is 2.71. The SMILES string of the molecule is CCC(Sc1c(=O)o[nH][n+]1-c1ccc(OC)cc1)C(=O)Nc1sc2c(c1C(=O)OC)CCC(c1ccccc1)C2. The highest BCUT2D eigenvalue weighted by atomic mass is 32.2. The third-order valence-corrected chi connectivity index (χ3v) is 9.59. The summed E-state index contributed by atoms with van der Waals surface area (Å²) in [5, 5.41) is 5.69. The van der Waals surface area contributed by atoms with Gasteiger partial charge in [0.1, 0.15) is 10.8 Å². The molecular weight excluding hydrogens is 550 g/mol. The number of methoxy groups -OCH3 is 2. The van der Waals surface area contributed by atoms with E-state index < -0.39 is 16.8 Å². The van der Waals surface area contributed by atoms with Gasteiger partial charge in [-0.3, -0.25) is 9.32 Å². The maximum Gasteiger partial charge on any atom is 0.442 e. The Labute approximate surface area is 239 Å². The lowest BCUT2D eigenvalue weighted by Gasteiger charge is -2.22. The summed E-state index contributed by atoms with van der Waals surface area (Å²) < 4.78 is 16.9. The summed E-state index contributed by atoms with van der Waals surface area (Å²) in [6, 6.07) is 17.4. The first kappa shape index (κ1) is 27.7. The van der Waals surface area contributed by atoms with Gasteiger partial charge in [-0.25, -0.2) is 9.59 Å². The summed E-state index contributed by atoms with van der Waals surface area (Å²) in [7, 11) is 2.92. The molecule has 1 aliphatic rings. The van der Waals surface area contributed by atoms with Crippen molar-refractivity contribution in [2.75, 3.05) is 19.5 Å². The van der Waals surface area contributed by atoms with Crippen LogP contribution in [0.3, 0.4) is 0 Å². The number of thioether (sulfide) groups is 1. The van der Waals surface area contributed by atoms with Crippen LogP contribution in [0.2, 0.25) is 0 Å². The predicted molar refractivity (Wildman–Crippen MR) is 153 cm³/mol. The van der Waals surface area contributed by atoms with E-state index in [1.54, 1.807) is 31.4 Å². The zero-order chi connectivity index (χ0) is 28.2. The quantitative estimate of drug-likeness (QED) is 0.165. The minimum absolute atomic E-state index is 0.233. The number of benzene rings is 2. The van der Waals surface area contributed by atoms with Gasteiger partial charge >= 0.3 is 16.6 Å². The summed E-state index contributed by atoms with van der Waals surface area (Å²) in [6.45, 7) is 1.87. The Bertz CT molecular complexity index is 1560. The van der Waals surface area contributed by atoms with E-state index in [0.29, 0.717) is 34.3 Å². The molecule has 9 nitrogen and oxygen atoms in total. The number of ether oxygens (including phenoxy) is 2. The van der Waals surface area contributed by atoms with Gasteiger partial charge in [-0.15, -0.1) is 11.3 Å². The number of nitrogens with zero attached hydrogens (tertiary/aromatic N) is 1. The van der Waals surface area contributed by atoms with E-state index in [-0.39, 0.29) is 10.9 Å². The van der Waals surface area contributed by atoms with Crippen LogP contribution >= 0.6 is 23.1 Å². The molecule has 2 unspecified atom stereocenters. The fourth-order valence-electron chi connectivity index (χ4n) is 4.92. The third-order valence-electron chi connectivity index (χ3n) is 7.02. The molecule has 40 heavy (non-hydrogen) atoms. The van der Waals surface area contributed by atoms with Crippen molar-refractivity contribution in [3.8, 4) is 11.4 Å². The van der Waals surface area contributed by atoms with Crippen LogP contribution in [0.15, 0.2) is 68.9 Å². The molecule has 2 aromatic heterocycles. The van der Waals surface area contributed by atoms with Gasteiger partial charge in [0.25, 0.3) is 0 Å². The van der Waals surface area contributed by atoms with Gasteiger partial charge in [-0.1, -0.05) is 37.3 Å². The number of carbonyl (C=O) groups is 2. The molecule has 208 valence electrons. The molecule has 0 aliphatic heterocycles. The largest absolute Gasteiger partial charge is 0.497 e. The second kappa shape index (κ2) is 12.1. The summed E-state index contributed by atoms with van der Waals surface area (Å²) in [6.07, 6.45) is 2.87. The van der Waals surface area contributed by atoms with Crippen molar-refractivity contribution < 1.29 is 28.3 Å². The molecule has 1 amide bonds. The Morgan fingerprint density at radius 3 is 2.60 bits per heavy atom. The molecule has 2 aromatic carbocycles. The van der Waals surface area contributed by atoms with Gasteiger partial charge in [0.2, 0.25) is 11.6 Å². The van der Waals surface area contributed by atoms with Gasteiger partial charge in [-0.05, 0) is 76.6 Å². The van der Waals surface area contributed by atoms with Gasteiger partial charge in [0, 0.05) is 17.0 Å². The van der Waals surface area contributed by atoms with Crippen LogP contribution in [0.1, 0.15) is 52.0 Å². The molecule has 5 rings (SSSR count). The second-order valence-corrected chi connectivity index (χ2v) is 11.7. The van der Waals surface area contributed by atoms with Crippen LogP contribution in [-0.2, 0) is 22.4 Å². The number of aromatic amines is 1. The average molecular weight is 581 g/mol. The standard InChI is InChI=1S/C29H29N3O6S2/c1-4-22(40-27-29(35)38-31-32(27)19-11-13-20(36-2)14-12-19)25(33)30-26-24(28(34)37-3)21-15-10-18(16-23(21)39-26)17-8-6-5-7-9-17/h5-9,11-14,18,22H,4,10,15-16H2,1-3H3,(H-,30,31,33,34,35)/p+1. The van der Waals surface area contributed by atoms with Crippen molar-refractivity contribution >= 4 is 40.0 Å². The molecule has 1 aliphatic carbocycles. The number of hydrogen-bond donors (Lipinski definition) is 2. The van der Waals surface area contributed by atoms with Crippen LogP contribution in [0.4, 0.5) is 5.00 Å². The molecule has 0 fully saturated rings. The van der Waals surface area contributed by atoms with Crippen molar-refractivity contribution in [3.05, 3.63) is 86.6 Å². The minimum Gasteiger partial charge on any atom is -0.497 e. The van der Waals surface area contributed by atoms with Crippen molar-refractivity contribution in [1.29, 1.82) is 0 Å². The van der Waals surface area contributed by atoms with Crippen molar-refractivity contribution in [1.82, 2.24) is 5.27 Å². The number of H-pyrrole nitrogens is 1. The highest BCUT2D eigenvalue weighted by Crippen LogP contribution is 2.43. The number of hydrogen-bond acceptors (Lipinski definition) is 8. The van der Waals surface area contributed by atoms with E-state index in [9.17, 15) is 14.4 Å². The number of nitrogens with one attached hydrogen (secondary N) is 2. The second-order valence-electron chi connectivity index (χ2n) is 9.37. The molecule has 0 spiro atoms. The molecular formula is C29H30N3O6S2+.